The van der Waals surface area contributed by atoms with Gasteiger partial charge in [0, 0.05) is 44.9 Å². The van der Waals surface area contributed by atoms with Gasteiger partial charge in [0.2, 0.25) is 11.8 Å². The SMILES string of the molecule is CCCCC/C=C\C/C=C\CCCCCCCCOC(=O)C1CC(NC(=O)CCCCN2C[C@@H](C)[C@@H](C)C2)CN1C(=O)CCCCCCC/C=C\C/C=C\CCCCC. The summed E-state index contributed by atoms with van der Waals surface area (Å²) in [5.41, 5.74) is 0. The lowest BCUT2D eigenvalue weighted by molar-refractivity contribution is -0.153. The third-order valence-corrected chi connectivity index (χ3v) is 12.4. The molecule has 2 saturated heterocycles. The smallest absolute Gasteiger partial charge is 0.328 e. The summed E-state index contributed by atoms with van der Waals surface area (Å²) in [7, 11) is 0. The fourth-order valence-corrected chi connectivity index (χ4v) is 8.38. The highest BCUT2D eigenvalue weighted by Crippen LogP contribution is 2.24. The van der Waals surface area contributed by atoms with Crippen molar-refractivity contribution in [3.63, 3.8) is 0 Å². The van der Waals surface area contributed by atoms with Crippen LogP contribution in [0.1, 0.15) is 207 Å². The molecule has 338 valence electrons. The Bertz CT molecular complexity index is 1180. The zero-order valence-corrected chi connectivity index (χ0v) is 38.8. The first-order valence-corrected chi connectivity index (χ1v) is 24.9. The van der Waals surface area contributed by atoms with Gasteiger partial charge in [-0.2, -0.15) is 0 Å². The Morgan fingerprint density at radius 2 is 1.03 bits per heavy atom. The second-order valence-corrected chi connectivity index (χ2v) is 18.0. The predicted octanol–water partition coefficient (Wildman–Crippen LogP) is 13.0. The van der Waals surface area contributed by atoms with Gasteiger partial charge in [-0.1, -0.05) is 147 Å². The Morgan fingerprint density at radius 1 is 0.559 bits per heavy atom. The van der Waals surface area contributed by atoms with Crippen molar-refractivity contribution in [3.05, 3.63) is 48.6 Å². The van der Waals surface area contributed by atoms with Crippen LogP contribution in [0.15, 0.2) is 48.6 Å². The molecule has 2 rings (SSSR count). The maximum atomic E-state index is 13.5. The highest BCUT2D eigenvalue weighted by molar-refractivity contribution is 5.86. The fraction of sp³-hybridized carbons (Fsp3) is 0.788. The Hall–Kier alpha value is -2.67. The van der Waals surface area contributed by atoms with Crippen molar-refractivity contribution < 1.29 is 19.1 Å². The predicted molar refractivity (Wildman–Crippen MR) is 250 cm³/mol. The summed E-state index contributed by atoms with van der Waals surface area (Å²) in [6, 6.07) is -0.828. The molecule has 0 aromatic heterocycles. The molecular weight excluding hydrogens is 731 g/mol. The van der Waals surface area contributed by atoms with Gasteiger partial charge in [-0.15, -0.1) is 0 Å². The molecule has 1 N–H and O–H groups in total. The van der Waals surface area contributed by atoms with Crippen LogP contribution in [0.5, 0.6) is 0 Å². The standard InChI is InChI=1S/C52H91N3O4/c1-5-7-9-11-13-15-17-19-21-23-25-27-29-31-33-37-41-59-52(58)49-42-48(53-50(56)38-35-36-40-54-43-46(3)47(4)44-54)45-55(49)51(57)39-34-32-30-28-26-24-22-20-18-16-14-12-10-8-6-2/h13-16,19-22,46-49H,5-12,17-18,23-45H2,1-4H3,(H,53,56)/b15-13-,16-14-,21-19-,22-20-/t46-,47+,48?,49?. The Labute approximate surface area is 363 Å². The number of carbonyl (C=O) groups excluding carboxylic acids is 3. The van der Waals surface area contributed by atoms with Crippen molar-refractivity contribution in [2.75, 3.05) is 32.8 Å². The highest BCUT2D eigenvalue weighted by Gasteiger charge is 2.40. The first-order chi connectivity index (χ1) is 28.8. The van der Waals surface area contributed by atoms with E-state index < -0.39 is 6.04 Å². The van der Waals surface area contributed by atoms with Crippen molar-refractivity contribution in [2.45, 2.75) is 220 Å². The highest BCUT2D eigenvalue weighted by atomic mass is 16.5. The number of amides is 2. The van der Waals surface area contributed by atoms with Crippen molar-refractivity contribution in [2.24, 2.45) is 11.8 Å². The van der Waals surface area contributed by atoms with Crippen LogP contribution < -0.4 is 5.32 Å². The number of hydrogen-bond acceptors (Lipinski definition) is 5. The van der Waals surface area contributed by atoms with Crippen molar-refractivity contribution in [1.82, 2.24) is 15.1 Å². The van der Waals surface area contributed by atoms with Crippen molar-refractivity contribution in [3.8, 4) is 0 Å². The summed E-state index contributed by atoms with van der Waals surface area (Å²) >= 11 is 0. The van der Waals surface area contributed by atoms with E-state index in [0.29, 0.717) is 32.4 Å². The third-order valence-electron chi connectivity index (χ3n) is 12.4. The largest absolute Gasteiger partial charge is 0.464 e. The zero-order valence-electron chi connectivity index (χ0n) is 38.8. The van der Waals surface area contributed by atoms with Crippen molar-refractivity contribution in [1.29, 1.82) is 0 Å². The van der Waals surface area contributed by atoms with Gasteiger partial charge in [0.25, 0.3) is 0 Å². The average Bonchev–Trinajstić information content (AvgIpc) is 3.80. The van der Waals surface area contributed by atoms with E-state index >= 15 is 0 Å². The number of unbranched alkanes of at least 4 members (excludes halogenated alkanes) is 18. The summed E-state index contributed by atoms with van der Waals surface area (Å²) in [6.07, 6.45) is 48.1. The molecule has 2 aliphatic heterocycles. The van der Waals surface area contributed by atoms with Gasteiger partial charge in [-0.3, -0.25) is 9.59 Å². The summed E-state index contributed by atoms with van der Waals surface area (Å²) < 4.78 is 5.78. The molecule has 0 spiro atoms. The molecule has 2 amide bonds. The van der Waals surface area contributed by atoms with Gasteiger partial charge in [0.15, 0.2) is 0 Å². The molecule has 2 fully saturated rings. The van der Waals surface area contributed by atoms with Gasteiger partial charge in [0.1, 0.15) is 6.04 Å². The summed E-state index contributed by atoms with van der Waals surface area (Å²) in [5.74, 6) is 1.21. The number of rotatable bonds is 36. The first kappa shape index (κ1) is 52.5. The number of nitrogens with one attached hydrogen (secondary N) is 1. The van der Waals surface area contributed by atoms with E-state index in [1.54, 1.807) is 4.90 Å². The quantitative estimate of drug-likeness (QED) is 0.0387. The van der Waals surface area contributed by atoms with E-state index in [2.05, 4.69) is 86.5 Å². The topological polar surface area (TPSA) is 79.0 Å². The van der Waals surface area contributed by atoms with Crippen LogP contribution in [-0.2, 0) is 19.1 Å². The van der Waals surface area contributed by atoms with Gasteiger partial charge in [-0.25, -0.2) is 4.79 Å². The fourth-order valence-electron chi connectivity index (χ4n) is 8.38. The number of ether oxygens (including phenoxy) is 1. The minimum atomic E-state index is -0.616. The normalized spacial score (nSPS) is 20.0. The molecule has 2 aliphatic rings. The lowest BCUT2D eigenvalue weighted by atomic mass is 10.0. The van der Waals surface area contributed by atoms with Crippen LogP contribution >= 0.6 is 0 Å². The first-order valence-electron chi connectivity index (χ1n) is 24.9. The van der Waals surface area contributed by atoms with E-state index in [1.807, 2.05) is 0 Å². The molecule has 59 heavy (non-hydrogen) atoms. The monoisotopic (exact) mass is 822 g/mol. The average molecular weight is 822 g/mol. The van der Waals surface area contributed by atoms with E-state index in [-0.39, 0.29) is 23.8 Å². The molecular formula is C52H91N3O4. The lowest BCUT2D eigenvalue weighted by Crippen LogP contribution is -2.42. The molecule has 0 saturated carbocycles. The molecule has 2 heterocycles. The maximum Gasteiger partial charge on any atom is 0.328 e. The number of hydrogen-bond donors (Lipinski definition) is 1. The van der Waals surface area contributed by atoms with Gasteiger partial charge < -0.3 is 19.9 Å². The van der Waals surface area contributed by atoms with Crippen LogP contribution in [0.2, 0.25) is 0 Å². The van der Waals surface area contributed by atoms with Crippen LogP contribution in [0.25, 0.3) is 0 Å². The minimum Gasteiger partial charge on any atom is -0.464 e. The number of nitrogens with zero attached hydrogens (tertiary/aromatic N) is 2. The van der Waals surface area contributed by atoms with E-state index in [0.717, 1.165) is 109 Å². The number of carbonyl (C=O) groups is 3. The summed E-state index contributed by atoms with van der Waals surface area (Å²) in [4.78, 5) is 44.1. The van der Waals surface area contributed by atoms with Crippen molar-refractivity contribution >= 4 is 17.8 Å². The summed E-state index contributed by atoms with van der Waals surface area (Å²) in [6.45, 7) is 13.3. The lowest BCUT2D eigenvalue weighted by Gasteiger charge is -2.23. The minimum absolute atomic E-state index is 0.0113. The molecule has 2 unspecified atom stereocenters. The van der Waals surface area contributed by atoms with E-state index in [4.69, 9.17) is 4.74 Å². The van der Waals surface area contributed by atoms with Crippen LogP contribution in [0.3, 0.4) is 0 Å². The van der Waals surface area contributed by atoms with E-state index in [9.17, 15) is 14.4 Å². The molecule has 4 atom stereocenters. The zero-order chi connectivity index (χ0) is 42.6. The van der Waals surface area contributed by atoms with Crippen LogP contribution in [0, 0.1) is 11.8 Å². The van der Waals surface area contributed by atoms with Gasteiger partial charge >= 0.3 is 5.97 Å². The maximum absolute atomic E-state index is 13.5. The third kappa shape index (κ3) is 27.0. The van der Waals surface area contributed by atoms with Gasteiger partial charge in [-0.05, 0) is 108 Å². The van der Waals surface area contributed by atoms with Crippen LogP contribution in [0.4, 0.5) is 0 Å². The molecule has 0 bridgehead atoms. The molecule has 0 aromatic rings. The van der Waals surface area contributed by atoms with Crippen LogP contribution in [-0.4, -0.2) is 72.5 Å². The molecule has 0 aliphatic carbocycles. The Balaban J connectivity index is 1.68. The number of likely N-dealkylation sites (tertiary alicyclic amines) is 2. The Morgan fingerprint density at radius 3 is 1.58 bits per heavy atom. The molecule has 0 radical (unpaired) electrons. The number of esters is 1. The number of allylic oxidation sites excluding steroid dienone is 8. The molecule has 7 heteroatoms. The second-order valence-electron chi connectivity index (χ2n) is 18.0. The van der Waals surface area contributed by atoms with Gasteiger partial charge in [0.05, 0.1) is 6.61 Å². The molecule has 7 nitrogen and oxygen atoms in total. The second kappa shape index (κ2) is 36.0. The molecule has 0 aromatic carbocycles. The Kier molecular flexibility index (Phi) is 32.0. The van der Waals surface area contributed by atoms with E-state index in [1.165, 1.54) is 83.5 Å². The summed E-state index contributed by atoms with van der Waals surface area (Å²) in [5, 5.41) is 3.17.